The van der Waals surface area contributed by atoms with Crippen LogP contribution in [0, 0.1) is 0 Å². The molecular weight excluding hydrogens is 200 g/mol. The third kappa shape index (κ3) is 2.92. The van der Waals surface area contributed by atoms with Crippen molar-refractivity contribution >= 4 is 23.4 Å². The molecule has 0 saturated heterocycles. The monoisotopic (exact) mass is 214 g/mol. The Hall–Kier alpha value is -0.140. The minimum atomic E-state index is 0.234. The van der Waals surface area contributed by atoms with Crippen LogP contribution in [-0.2, 0) is 0 Å². The zero-order chi connectivity index (χ0) is 9.68. The number of hydrogen-bond acceptors (Lipinski definition) is 1. The van der Waals surface area contributed by atoms with E-state index in [9.17, 15) is 0 Å². The van der Waals surface area contributed by atoms with Crippen molar-refractivity contribution in [2.75, 3.05) is 6.26 Å². The summed E-state index contributed by atoms with van der Waals surface area (Å²) >= 11 is 8.07. The normalized spacial score (nSPS) is 15.3. The first-order chi connectivity index (χ1) is 6.29. The summed E-state index contributed by atoms with van der Waals surface area (Å²) in [5.41, 5.74) is 1.33. The maximum absolute atomic E-state index is 6.25. The Balaban J connectivity index is 2.78. The molecule has 0 fully saturated rings. The van der Waals surface area contributed by atoms with E-state index in [0.29, 0.717) is 5.25 Å². The van der Waals surface area contributed by atoms with Crippen molar-refractivity contribution in [3.63, 3.8) is 0 Å². The molecule has 0 N–H and O–H groups in total. The van der Waals surface area contributed by atoms with Gasteiger partial charge in [-0.1, -0.05) is 37.3 Å². The Morgan fingerprint density at radius 2 is 1.92 bits per heavy atom. The van der Waals surface area contributed by atoms with E-state index in [4.69, 9.17) is 11.6 Å². The number of rotatable bonds is 4. The molecule has 0 bridgehead atoms. The molecule has 1 rings (SSSR count). The molecule has 13 heavy (non-hydrogen) atoms. The van der Waals surface area contributed by atoms with Crippen molar-refractivity contribution in [1.82, 2.24) is 0 Å². The van der Waals surface area contributed by atoms with E-state index >= 15 is 0 Å². The highest BCUT2D eigenvalue weighted by Crippen LogP contribution is 2.34. The zero-order valence-electron chi connectivity index (χ0n) is 8.03. The van der Waals surface area contributed by atoms with E-state index in [-0.39, 0.29) is 5.38 Å². The SMILES string of the molecule is CCC(Cl)C(SC)c1ccccc1. The van der Waals surface area contributed by atoms with Gasteiger partial charge in [0.1, 0.15) is 0 Å². The Morgan fingerprint density at radius 1 is 1.31 bits per heavy atom. The standard InChI is InChI=1S/C11H15ClS/c1-3-10(12)11(13-2)9-7-5-4-6-8-9/h4-8,10-11H,3H2,1-2H3. The maximum atomic E-state index is 6.25. The van der Waals surface area contributed by atoms with Gasteiger partial charge in [-0.2, -0.15) is 11.8 Å². The molecule has 0 nitrogen and oxygen atoms in total. The lowest BCUT2D eigenvalue weighted by Crippen LogP contribution is -2.07. The van der Waals surface area contributed by atoms with Gasteiger partial charge >= 0.3 is 0 Å². The van der Waals surface area contributed by atoms with E-state index < -0.39 is 0 Å². The molecule has 0 aromatic heterocycles. The first kappa shape index (κ1) is 10.9. The second-order valence-electron chi connectivity index (χ2n) is 2.99. The maximum Gasteiger partial charge on any atom is 0.0492 e. The van der Waals surface area contributed by atoms with E-state index in [2.05, 4.69) is 37.4 Å². The number of hydrogen-bond donors (Lipinski definition) is 0. The molecule has 1 aromatic carbocycles. The Morgan fingerprint density at radius 3 is 2.38 bits per heavy atom. The fourth-order valence-corrected chi connectivity index (χ4v) is 2.72. The highest BCUT2D eigenvalue weighted by molar-refractivity contribution is 7.98. The molecule has 0 aliphatic rings. The van der Waals surface area contributed by atoms with Gasteiger partial charge in [-0.15, -0.1) is 11.6 Å². The minimum Gasteiger partial charge on any atom is -0.156 e. The molecule has 2 atom stereocenters. The van der Waals surface area contributed by atoms with Gasteiger partial charge in [0, 0.05) is 10.6 Å². The average Bonchev–Trinajstić information content (AvgIpc) is 2.20. The Labute approximate surface area is 89.7 Å². The molecule has 0 amide bonds. The highest BCUT2D eigenvalue weighted by atomic mass is 35.5. The van der Waals surface area contributed by atoms with Crippen LogP contribution in [0.3, 0.4) is 0 Å². The van der Waals surface area contributed by atoms with Gasteiger partial charge in [-0.3, -0.25) is 0 Å². The zero-order valence-corrected chi connectivity index (χ0v) is 9.61. The predicted octanol–water partition coefficient (Wildman–Crippen LogP) is 4.11. The Bertz CT molecular complexity index is 235. The van der Waals surface area contributed by atoms with Crippen LogP contribution in [0.5, 0.6) is 0 Å². The van der Waals surface area contributed by atoms with E-state index in [1.165, 1.54) is 5.56 Å². The summed E-state index contributed by atoms with van der Waals surface area (Å²) in [4.78, 5) is 0. The van der Waals surface area contributed by atoms with Gasteiger partial charge in [-0.25, -0.2) is 0 Å². The van der Waals surface area contributed by atoms with Crippen LogP contribution >= 0.6 is 23.4 Å². The second-order valence-corrected chi connectivity index (χ2v) is 4.53. The van der Waals surface area contributed by atoms with E-state index in [1.807, 2.05) is 17.8 Å². The topological polar surface area (TPSA) is 0 Å². The summed E-state index contributed by atoms with van der Waals surface area (Å²) in [5, 5.41) is 0.658. The van der Waals surface area contributed by atoms with Gasteiger partial charge in [0.25, 0.3) is 0 Å². The first-order valence-electron chi connectivity index (χ1n) is 4.51. The van der Waals surface area contributed by atoms with Crippen molar-refractivity contribution in [3.8, 4) is 0 Å². The van der Waals surface area contributed by atoms with Gasteiger partial charge in [0.05, 0.1) is 0 Å². The number of alkyl halides is 1. The lowest BCUT2D eigenvalue weighted by Gasteiger charge is -2.19. The summed E-state index contributed by atoms with van der Waals surface area (Å²) in [6.07, 6.45) is 3.13. The molecular formula is C11H15ClS. The number of benzene rings is 1. The molecule has 0 saturated carbocycles. The Kier molecular flexibility index (Phi) is 4.68. The molecule has 1 aromatic rings. The predicted molar refractivity (Wildman–Crippen MR) is 62.6 cm³/mol. The van der Waals surface area contributed by atoms with Crippen molar-refractivity contribution in [3.05, 3.63) is 35.9 Å². The lowest BCUT2D eigenvalue weighted by atomic mass is 10.1. The molecule has 0 spiro atoms. The van der Waals surface area contributed by atoms with Crippen LogP contribution in [0.4, 0.5) is 0 Å². The molecule has 2 heteroatoms. The van der Waals surface area contributed by atoms with Gasteiger partial charge in [0.2, 0.25) is 0 Å². The van der Waals surface area contributed by atoms with Crippen LogP contribution in [0.15, 0.2) is 30.3 Å². The van der Waals surface area contributed by atoms with E-state index in [0.717, 1.165) is 6.42 Å². The fraction of sp³-hybridized carbons (Fsp3) is 0.455. The first-order valence-corrected chi connectivity index (χ1v) is 6.23. The van der Waals surface area contributed by atoms with Crippen molar-refractivity contribution in [2.45, 2.75) is 24.0 Å². The molecule has 0 aliphatic carbocycles. The number of halogens is 1. The van der Waals surface area contributed by atoms with Gasteiger partial charge < -0.3 is 0 Å². The van der Waals surface area contributed by atoms with Crippen LogP contribution in [0.25, 0.3) is 0 Å². The van der Waals surface area contributed by atoms with Gasteiger partial charge in [-0.05, 0) is 18.2 Å². The van der Waals surface area contributed by atoms with Crippen molar-refractivity contribution < 1.29 is 0 Å². The summed E-state index contributed by atoms with van der Waals surface area (Å²) in [6.45, 7) is 2.13. The third-order valence-corrected chi connectivity index (χ3v) is 3.92. The van der Waals surface area contributed by atoms with E-state index in [1.54, 1.807) is 0 Å². The average molecular weight is 215 g/mol. The molecule has 0 aliphatic heterocycles. The molecule has 2 unspecified atom stereocenters. The lowest BCUT2D eigenvalue weighted by molar-refractivity contribution is 0.790. The second kappa shape index (κ2) is 5.56. The van der Waals surface area contributed by atoms with Crippen LogP contribution < -0.4 is 0 Å². The van der Waals surface area contributed by atoms with Crippen LogP contribution in [0.2, 0.25) is 0 Å². The molecule has 0 radical (unpaired) electrons. The summed E-state index contributed by atoms with van der Waals surface area (Å²) in [6, 6.07) is 10.5. The number of thioether (sulfide) groups is 1. The molecule has 0 heterocycles. The highest BCUT2D eigenvalue weighted by Gasteiger charge is 2.17. The van der Waals surface area contributed by atoms with Crippen molar-refractivity contribution in [2.24, 2.45) is 0 Å². The quantitative estimate of drug-likeness (QED) is 0.680. The largest absolute Gasteiger partial charge is 0.156 e. The van der Waals surface area contributed by atoms with Crippen LogP contribution in [-0.4, -0.2) is 11.6 Å². The molecule has 72 valence electrons. The fourth-order valence-electron chi connectivity index (χ4n) is 1.35. The summed E-state index contributed by atoms with van der Waals surface area (Å²) in [5.74, 6) is 0. The summed E-state index contributed by atoms with van der Waals surface area (Å²) < 4.78 is 0. The minimum absolute atomic E-state index is 0.234. The summed E-state index contributed by atoms with van der Waals surface area (Å²) in [7, 11) is 0. The third-order valence-electron chi connectivity index (χ3n) is 2.10. The van der Waals surface area contributed by atoms with Gasteiger partial charge in [0.15, 0.2) is 0 Å². The smallest absolute Gasteiger partial charge is 0.0492 e. The van der Waals surface area contributed by atoms with Crippen LogP contribution in [0.1, 0.15) is 24.2 Å². The van der Waals surface area contributed by atoms with Crippen molar-refractivity contribution in [1.29, 1.82) is 0 Å².